The summed E-state index contributed by atoms with van der Waals surface area (Å²) in [6.07, 6.45) is -0.690. The van der Waals surface area contributed by atoms with Crippen molar-refractivity contribution in [3.63, 3.8) is 0 Å². The fourth-order valence-electron chi connectivity index (χ4n) is 3.62. The van der Waals surface area contributed by atoms with Crippen LogP contribution in [0.5, 0.6) is 0 Å². The number of fused-ring (bicyclic) bond motifs is 1. The number of ether oxygens (including phenoxy) is 1. The number of amidine groups is 1. The van der Waals surface area contributed by atoms with Gasteiger partial charge < -0.3 is 15.0 Å². The quantitative estimate of drug-likeness (QED) is 0.749. The molecule has 2 aliphatic heterocycles. The highest BCUT2D eigenvalue weighted by Gasteiger charge is 2.49. The normalized spacial score (nSPS) is 24.0. The molecule has 0 aliphatic carbocycles. The number of sulfone groups is 1. The number of benzene rings is 1. The molecule has 0 saturated carbocycles. The van der Waals surface area contributed by atoms with Crippen molar-refractivity contribution in [2.75, 3.05) is 23.0 Å². The first-order valence-corrected chi connectivity index (χ1v) is 12.4. The van der Waals surface area contributed by atoms with E-state index < -0.39 is 27.4 Å². The standard InChI is InChI=1S/C20H27N3O5S2/c1-12-7-6-8-13(2)17(12)23-14-10-30(26,27)11-15(14)29-18(23)22-16(24)9-21-19(25)28-20(3,4)5/h6-8,14-15H,9-11H2,1-5H3,(H,21,25)/t14-,15-/m1/s1. The topological polar surface area (TPSA) is 105 Å². The van der Waals surface area contributed by atoms with Crippen molar-refractivity contribution in [2.45, 2.75) is 51.5 Å². The van der Waals surface area contributed by atoms with Crippen LogP contribution in [0.15, 0.2) is 23.2 Å². The fourth-order valence-corrected chi connectivity index (χ4v) is 7.54. The van der Waals surface area contributed by atoms with E-state index in [1.165, 1.54) is 11.8 Å². The van der Waals surface area contributed by atoms with Crippen LogP contribution in [0.2, 0.25) is 0 Å². The van der Waals surface area contributed by atoms with Crippen LogP contribution in [0.25, 0.3) is 0 Å². The summed E-state index contributed by atoms with van der Waals surface area (Å²) >= 11 is 1.31. The second-order valence-corrected chi connectivity index (χ2v) is 11.9. The van der Waals surface area contributed by atoms with Gasteiger partial charge in [-0.3, -0.25) is 4.79 Å². The molecule has 0 radical (unpaired) electrons. The number of para-hydroxylation sites is 1. The van der Waals surface area contributed by atoms with Gasteiger partial charge in [-0.15, -0.1) is 0 Å². The third-order valence-corrected chi connectivity index (χ3v) is 7.96. The summed E-state index contributed by atoms with van der Waals surface area (Å²) in [4.78, 5) is 30.3. The Hall–Kier alpha value is -2.07. The SMILES string of the molecule is Cc1cccc(C)c1N1C(=NC(=O)CNC(=O)OC(C)(C)C)S[C@@H]2CS(=O)(=O)C[C@H]21. The van der Waals surface area contributed by atoms with E-state index in [4.69, 9.17) is 4.74 Å². The molecule has 8 nitrogen and oxygen atoms in total. The number of anilines is 1. The van der Waals surface area contributed by atoms with Crippen LogP contribution >= 0.6 is 11.8 Å². The summed E-state index contributed by atoms with van der Waals surface area (Å²) in [5.74, 6) is -0.433. The van der Waals surface area contributed by atoms with Gasteiger partial charge in [0.2, 0.25) is 0 Å². The highest BCUT2D eigenvalue weighted by molar-refractivity contribution is 8.16. The molecule has 164 valence electrons. The molecule has 2 heterocycles. The Morgan fingerprint density at radius 3 is 2.47 bits per heavy atom. The number of aliphatic imine (C=N–C) groups is 1. The lowest BCUT2D eigenvalue weighted by atomic mass is 10.1. The first-order chi connectivity index (χ1) is 13.9. The number of thioether (sulfide) groups is 1. The number of carbonyl (C=O) groups excluding carboxylic acids is 2. The van der Waals surface area contributed by atoms with E-state index >= 15 is 0 Å². The maximum Gasteiger partial charge on any atom is 0.408 e. The lowest BCUT2D eigenvalue weighted by molar-refractivity contribution is -0.117. The maximum atomic E-state index is 12.4. The van der Waals surface area contributed by atoms with Gasteiger partial charge in [0.25, 0.3) is 5.91 Å². The zero-order chi connectivity index (χ0) is 22.3. The largest absolute Gasteiger partial charge is 0.444 e. The molecule has 0 aromatic heterocycles. The first-order valence-electron chi connectivity index (χ1n) is 9.67. The van der Waals surface area contributed by atoms with Crippen molar-refractivity contribution in [2.24, 2.45) is 4.99 Å². The van der Waals surface area contributed by atoms with E-state index in [1.807, 2.05) is 36.9 Å². The zero-order valence-corrected chi connectivity index (χ0v) is 19.4. The van der Waals surface area contributed by atoms with Crippen molar-refractivity contribution < 1.29 is 22.7 Å². The van der Waals surface area contributed by atoms with Gasteiger partial charge in [-0.05, 0) is 45.7 Å². The Labute approximate surface area is 181 Å². The Morgan fingerprint density at radius 1 is 1.23 bits per heavy atom. The maximum absolute atomic E-state index is 12.4. The average molecular weight is 454 g/mol. The minimum absolute atomic E-state index is 0.0296. The van der Waals surface area contributed by atoms with E-state index in [9.17, 15) is 18.0 Å². The van der Waals surface area contributed by atoms with Crippen LogP contribution in [-0.2, 0) is 19.4 Å². The van der Waals surface area contributed by atoms with E-state index in [-0.39, 0.29) is 29.3 Å². The molecule has 2 saturated heterocycles. The molecule has 2 fully saturated rings. The lowest BCUT2D eigenvalue weighted by Gasteiger charge is -2.28. The van der Waals surface area contributed by atoms with Crippen LogP contribution in [0.4, 0.5) is 10.5 Å². The zero-order valence-electron chi connectivity index (χ0n) is 17.8. The van der Waals surface area contributed by atoms with E-state index in [0.717, 1.165) is 16.8 Å². The predicted octanol–water partition coefficient (Wildman–Crippen LogP) is 2.43. The third-order valence-electron chi connectivity index (χ3n) is 4.75. The van der Waals surface area contributed by atoms with Gasteiger partial charge in [0.1, 0.15) is 12.1 Å². The lowest BCUT2D eigenvalue weighted by Crippen LogP contribution is -2.39. The number of hydrogen-bond acceptors (Lipinski definition) is 6. The van der Waals surface area contributed by atoms with Gasteiger partial charge in [-0.1, -0.05) is 30.0 Å². The summed E-state index contributed by atoms with van der Waals surface area (Å²) in [7, 11) is -3.14. The summed E-state index contributed by atoms with van der Waals surface area (Å²) in [6, 6.07) is 5.57. The molecule has 2 aliphatic rings. The van der Waals surface area contributed by atoms with E-state index in [1.54, 1.807) is 20.8 Å². The Morgan fingerprint density at radius 2 is 1.87 bits per heavy atom. The smallest absolute Gasteiger partial charge is 0.408 e. The van der Waals surface area contributed by atoms with Crippen LogP contribution in [-0.4, -0.2) is 60.5 Å². The molecule has 10 heteroatoms. The Bertz CT molecular complexity index is 978. The third kappa shape index (κ3) is 5.15. The van der Waals surface area contributed by atoms with E-state index in [0.29, 0.717) is 5.17 Å². The van der Waals surface area contributed by atoms with Gasteiger partial charge in [0, 0.05) is 10.9 Å². The number of carbonyl (C=O) groups is 2. The van der Waals surface area contributed by atoms with Gasteiger partial charge in [0.15, 0.2) is 15.0 Å². The van der Waals surface area contributed by atoms with Crippen LogP contribution in [0.1, 0.15) is 31.9 Å². The Kier molecular flexibility index (Phi) is 6.20. The van der Waals surface area contributed by atoms with Crippen LogP contribution < -0.4 is 10.2 Å². The van der Waals surface area contributed by atoms with Gasteiger partial charge >= 0.3 is 6.09 Å². The summed E-state index contributed by atoms with van der Waals surface area (Å²) in [5, 5.41) is 2.70. The number of aryl methyl sites for hydroxylation is 2. The van der Waals surface area contributed by atoms with Crippen molar-refractivity contribution in [1.82, 2.24) is 5.32 Å². The van der Waals surface area contributed by atoms with Crippen LogP contribution in [0, 0.1) is 13.8 Å². The number of nitrogens with zero attached hydrogens (tertiary/aromatic N) is 2. The second-order valence-electron chi connectivity index (χ2n) is 8.55. The summed E-state index contributed by atoms with van der Waals surface area (Å²) in [6.45, 7) is 8.81. The number of hydrogen-bond donors (Lipinski definition) is 1. The predicted molar refractivity (Wildman–Crippen MR) is 119 cm³/mol. The van der Waals surface area contributed by atoms with Crippen molar-refractivity contribution in [3.8, 4) is 0 Å². The fraction of sp³-hybridized carbons (Fsp3) is 0.550. The van der Waals surface area contributed by atoms with Gasteiger partial charge in [-0.2, -0.15) is 4.99 Å². The van der Waals surface area contributed by atoms with Crippen LogP contribution in [0.3, 0.4) is 0 Å². The molecule has 0 bridgehead atoms. The molecule has 1 N–H and O–H groups in total. The summed E-state index contributed by atoms with van der Waals surface area (Å²) in [5.41, 5.74) is 2.17. The minimum atomic E-state index is -3.14. The van der Waals surface area contributed by atoms with Gasteiger partial charge in [-0.25, -0.2) is 13.2 Å². The number of nitrogens with one attached hydrogen (secondary N) is 1. The van der Waals surface area contributed by atoms with Gasteiger partial charge in [0.05, 0.1) is 17.5 Å². The summed E-state index contributed by atoms with van der Waals surface area (Å²) < 4.78 is 29.5. The second kappa shape index (κ2) is 8.22. The molecule has 2 amide bonds. The Balaban J connectivity index is 1.84. The molecule has 0 spiro atoms. The van der Waals surface area contributed by atoms with Crippen molar-refractivity contribution in [1.29, 1.82) is 0 Å². The minimum Gasteiger partial charge on any atom is -0.444 e. The molecule has 3 rings (SSSR count). The highest BCUT2D eigenvalue weighted by Crippen LogP contribution is 2.42. The number of rotatable bonds is 3. The molecular weight excluding hydrogens is 426 g/mol. The number of alkyl carbamates (subject to hydrolysis) is 1. The monoisotopic (exact) mass is 453 g/mol. The molecule has 1 aromatic carbocycles. The van der Waals surface area contributed by atoms with E-state index in [2.05, 4.69) is 10.3 Å². The molecule has 0 unspecified atom stereocenters. The molecular formula is C20H27N3O5S2. The highest BCUT2D eigenvalue weighted by atomic mass is 32.2. The van der Waals surface area contributed by atoms with Crippen molar-refractivity contribution in [3.05, 3.63) is 29.3 Å². The molecule has 1 aromatic rings. The number of amides is 2. The molecule has 2 atom stereocenters. The first kappa shape index (κ1) is 22.6. The van der Waals surface area contributed by atoms with Crippen molar-refractivity contribution >= 4 is 44.5 Å². The average Bonchev–Trinajstić information content (AvgIpc) is 3.03. The molecule has 30 heavy (non-hydrogen) atoms.